The summed E-state index contributed by atoms with van der Waals surface area (Å²) in [6.45, 7) is 10.2. The van der Waals surface area contributed by atoms with E-state index in [-0.39, 0.29) is 41.9 Å². The molecule has 2 aromatic heterocycles. The van der Waals surface area contributed by atoms with Crippen molar-refractivity contribution in [1.82, 2.24) is 25.3 Å². The Labute approximate surface area is 272 Å². The van der Waals surface area contributed by atoms with E-state index < -0.39 is 23.8 Å². The lowest BCUT2D eigenvalue weighted by atomic mass is 10.3. The van der Waals surface area contributed by atoms with E-state index in [0.717, 1.165) is 62.7 Å². The van der Waals surface area contributed by atoms with Crippen LogP contribution in [-0.4, -0.2) is 84.0 Å². The lowest BCUT2D eigenvalue weighted by Crippen LogP contribution is -3.00. The van der Waals surface area contributed by atoms with Gasteiger partial charge in [0.1, 0.15) is 11.0 Å². The molecule has 0 spiro atoms. The first-order chi connectivity index (χ1) is 20.5. The molecule has 248 valence electrons. The second kappa shape index (κ2) is 22.6. The van der Waals surface area contributed by atoms with Gasteiger partial charge in [-0.15, -0.1) is 0 Å². The van der Waals surface area contributed by atoms with Gasteiger partial charge in [0.2, 0.25) is 0 Å². The van der Waals surface area contributed by atoms with Gasteiger partial charge in [-0.3, -0.25) is 0 Å². The van der Waals surface area contributed by atoms with E-state index in [1.807, 2.05) is 13.0 Å². The summed E-state index contributed by atoms with van der Waals surface area (Å²) >= 11 is 7.93. The highest BCUT2D eigenvalue weighted by atomic mass is 35.5. The van der Waals surface area contributed by atoms with E-state index in [1.165, 1.54) is 11.8 Å². The summed E-state index contributed by atoms with van der Waals surface area (Å²) in [7, 11) is 0. The summed E-state index contributed by atoms with van der Waals surface area (Å²) in [5, 5.41) is 4.27. The van der Waals surface area contributed by atoms with Crippen molar-refractivity contribution in [3.8, 4) is 0 Å². The monoisotopic (exact) mass is 709 g/mol. The highest BCUT2D eigenvalue weighted by Crippen LogP contribution is 2.24. The van der Waals surface area contributed by atoms with Crippen LogP contribution in [0.2, 0.25) is 5.15 Å². The zero-order valence-corrected chi connectivity index (χ0v) is 27.2. The fourth-order valence-corrected chi connectivity index (χ4v) is 5.24. The number of nitrogens with one attached hydrogen (secondary N) is 1. The van der Waals surface area contributed by atoms with Crippen LogP contribution in [0.4, 0.5) is 32.2 Å². The fourth-order valence-electron chi connectivity index (χ4n) is 3.28. The molecule has 1 N–H and O–H groups in total. The minimum absolute atomic E-state index is 0. The predicted octanol–water partition coefficient (Wildman–Crippen LogP) is 3.79. The number of morpholine rings is 2. The normalized spacial score (nSPS) is 14.2. The van der Waals surface area contributed by atoms with Crippen LogP contribution in [0.5, 0.6) is 0 Å². The minimum atomic E-state index is -2.27. The van der Waals surface area contributed by atoms with Crippen molar-refractivity contribution in [2.75, 3.05) is 69.0 Å². The van der Waals surface area contributed by atoms with Crippen LogP contribution in [0.3, 0.4) is 0 Å². The molecule has 0 atom stereocenters. The molecule has 0 amide bonds. The van der Waals surface area contributed by atoms with Gasteiger partial charge in [-0.05, 0) is 19.9 Å². The summed E-state index contributed by atoms with van der Waals surface area (Å²) < 4.78 is 82.9. The number of allylic oxidation sites excluding steroid dienone is 2. The molecule has 18 heteroatoms. The van der Waals surface area contributed by atoms with E-state index in [0.29, 0.717) is 29.2 Å². The van der Waals surface area contributed by atoms with Crippen molar-refractivity contribution in [3.05, 3.63) is 52.5 Å². The Morgan fingerprint density at radius 1 is 0.773 bits per heavy atom. The number of aromatic nitrogens is 4. The second-order valence-corrected chi connectivity index (χ2v) is 11.3. The topological polar surface area (TPSA) is 85.3 Å². The number of hydrogen-bond donors (Lipinski definition) is 1. The van der Waals surface area contributed by atoms with Gasteiger partial charge in [-0.1, -0.05) is 35.1 Å². The molecule has 0 aliphatic carbocycles. The molecule has 2 aromatic rings. The minimum Gasteiger partial charge on any atom is -1.00 e. The summed E-state index contributed by atoms with van der Waals surface area (Å²) in [4.78, 5) is 18.6. The number of halogens is 8. The van der Waals surface area contributed by atoms with Gasteiger partial charge >= 0.3 is 12.2 Å². The molecule has 2 saturated heterocycles. The maximum absolute atomic E-state index is 12.7. The number of thioether (sulfide) groups is 2. The van der Waals surface area contributed by atoms with Crippen molar-refractivity contribution in [1.29, 1.82) is 0 Å². The second-order valence-electron chi connectivity index (χ2n) is 8.75. The maximum Gasteiger partial charge on any atom is 0.301 e. The Morgan fingerprint density at radius 2 is 1.25 bits per heavy atom. The molecule has 2 fully saturated rings. The maximum atomic E-state index is 12.7. The van der Waals surface area contributed by atoms with Crippen molar-refractivity contribution in [2.45, 2.75) is 37.0 Å². The van der Waals surface area contributed by atoms with Gasteiger partial charge < -0.3 is 32.1 Å². The molecule has 8 nitrogen and oxygen atoms in total. The van der Waals surface area contributed by atoms with Gasteiger partial charge in [0, 0.05) is 68.0 Å². The molecule has 2 aliphatic rings. The van der Waals surface area contributed by atoms with Crippen LogP contribution in [0.1, 0.15) is 24.2 Å². The van der Waals surface area contributed by atoms with Crippen LogP contribution in [0, 0.1) is 13.8 Å². The smallest absolute Gasteiger partial charge is 0.301 e. The summed E-state index contributed by atoms with van der Waals surface area (Å²) in [6, 6.07) is 3.45. The Morgan fingerprint density at radius 3 is 1.68 bits per heavy atom. The van der Waals surface area contributed by atoms with Crippen molar-refractivity contribution in [2.24, 2.45) is 0 Å². The van der Waals surface area contributed by atoms with Gasteiger partial charge in [0.25, 0.3) is 0 Å². The van der Waals surface area contributed by atoms with Crippen molar-refractivity contribution >= 4 is 40.9 Å². The SMILES string of the molecule is C1COCCN1.Cc1cc(Cl)nc(SCCC(F)=C(F)F)n1.Cc1cc(N2CCOCC2)nc(SCCC(F)=C(F)F)n1.[Cl-]. The van der Waals surface area contributed by atoms with Crippen LogP contribution < -0.4 is 22.6 Å². The quantitative estimate of drug-likeness (QED) is 0.180. The largest absolute Gasteiger partial charge is 1.00 e. The molecule has 0 bridgehead atoms. The van der Waals surface area contributed by atoms with E-state index in [1.54, 1.807) is 13.0 Å². The number of anilines is 1. The predicted molar refractivity (Wildman–Crippen MR) is 157 cm³/mol. The first-order valence-electron chi connectivity index (χ1n) is 13.2. The zero-order chi connectivity index (χ0) is 31.6. The molecule has 0 unspecified atom stereocenters. The molecule has 4 rings (SSSR count). The Bertz CT molecular complexity index is 1170. The van der Waals surface area contributed by atoms with Gasteiger partial charge in [0.05, 0.1) is 26.4 Å². The van der Waals surface area contributed by atoms with E-state index >= 15 is 0 Å². The van der Waals surface area contributed by atoms with Crippen LogP contribution >= 0.6 is 35.1 Å². The molecule has 0 aromatic carbocycles. The summed E-state index contributed by atoms with van der Waals surface area (Å²) in [5.74, 6) is -1.66. The third kappa shape index (κ3) is 17.0. The Hall–Kier alpha value is -1.82. The first-order valence-corrected chi connectivity index (χ1v) is 15.5. The number of nitrogens with zero attached hydrogens (tertiary/aromatic N) is 5. The zero-order valence-electron chi connectivity index (χ0n) is 24.0. The molecular formula is C26H33Cl2F6N6O2S2-. The summed E-state index contributed by atoms with van der Waals surface area (Å²) in [5.41, 5.74) is 1.47. The van der Waals surface area contributed by atoms with E-state index in [4.69, 9.17) is 21.1 Å². The molecule has 2 aliphatic heterocycles. The van der Waals surface area contributed by atoms with E-state index in [2.05, 4.69) is 30.2 Å². The van der Waals surface area contributed by atoms with Crippen LogP contribution in [0.25, 0.3) is 0 Å². The van der Waals surface area contributed by atoms with Gasteiger partial charge in [-0.25, -0.2) is 28.7 Å². The molecule has 4 heterocycles. The Kier molecular flexibility index (Phi) is 20.7. The summed E-state index contributed by atoms with van der Waals surface area (Å²) in [6.07, 6.45) is -5.20. The average Bonchev–Trinajstić information content (AvgIpc) is 2.98. The lowest BCUT2D eigenvalue weighted by Gasteiger charge is -2.28. The number of hydrogen-bond acceptors (Lipinski definition) is 10. The third-order valence-electron chi connectivity index (χ3n) is 5.32. The number of rotatable bonds is 9. The highest BCUT2D eigenvalue weighted by Gasteiger charge is 2.15. The average molecular weight is 711 g/mol. The standard InChI is InChI=1S/C13H16F3N3OS.C9H8ClF3N2S.C4H9NO.ClH/c1-9-8-11(19-3-5-20-6-4-19)18-13(17-9)21-7-2-10(14)12(15)16;1-5-4-7(10)15-9(14-5)16-3-2-6(11)8(12)13;1-3-6-4-2-5-1;/h8H,2-7H2,1H3;4H,2-3H2,1H3;5H,1-4H2;1H/p-1. The fraction of sp³-hybridized carbons (Fsp3) is 0.538. The number of ether oxygens (including phenoxy) is 2. The van der Waals surface area contributed by atoms with Crippen molar-refractivity contribution < 1.29 is 48.2 Å². The van der Waals surface area contributed by atoms with Crippen LogP contribution in [-0.2, 0) is 9.47 Å². The molecule has 0 saturated carbocycles. The molecule has 0 radical (unpaired) electrons. The Balaban J connectivity index is 0.000000371. The number of aryl methyl sites for hydroxylation is 2. The van der Waals surface area contributed by atoms with Crippen LogP contribution in [0.15, 0.2) is 46.3 Å². The third-order valence-corrected chi connectivity index (χ3v) is 7.21. The molecular weight excluding hydrogens is 677 g/mol. The lowest BCUT2D eigenvalue weighted by molar-refractivity contribution is -0.0000147. The first kappa shape index (κ1) is 40.2. The van der Waals surface area contributed by atoms with E-state index in [9.17, 15) is 26.3 Å². The van der Waals surface area contributed by atoms with Crippen molar-refractivity contribution in [3.63, 3.8) is 0 Å². The molecule has 44 heavy (non-hydrogen) atoms. The highest BCUT2D eigenvalue weighted by molar-refractivity contribution is 7.99. The van der Waals surface area contributed by atoms with Gasteiger partial charge in [0.15, 0.2) is 22.0 Å². The van der Waals surface area contributed by atoms with Gasteiger partial charge in [-0.2, -0.15) is 17.6 Å².